The van der Waals surface area contributed by atoms with Crippen LogP contribution in [-0.2, 0) is 11.3 Å². The first kappa shape index (κ1) is 20.6. The molecular formula is C26H24F2N2O2. The van der Waals surface area contributed by atoms with E-state index in [2.05, 4.69) is 17.0 Å². The van der Waals surface area contributed by atoms with Crippen LogP contribution in [0.2, 0.25) is 0 Å². The number of halogens is 2. The normalized spacial score (nSPS) is 21.8. The number of carbonyl (C=O) groups is 1. The second kappa shape index (κ2) is 8.02. The van der Waals surface area contributed by atoms with E-state index in [9.17, 15) is 13.6 Å². The smallest absolute Gasteiger partial charge is 0.414 e. The number of piperidine rings is 1. The molecule has 2 atom stereocenters. The van der Waals surface area contributed by atoms with Crippen molar-refractivity contribution in [1.82, 2.24) is 4.90 Å². The lowest BCUT2D eigenvalue weighted by molar-refractivity contribution is 0.0789. The Morgan fingerprint density at radius 3 is 2.59 bits per heavy atom. The predicted octanol–water partition coefficient (Wildman–Crippen LogP) is 5.48. The molecule has 1 heterocycles. The van der Waals surface area contributed by atoms with Crippen LogP contribution in [0.1, 0.15) is 12.0 Å². The fraction of sp³-hybridized carbons (Fsp3) is 0.269. The Hall–Kier alpha value is -3.25. The van der Waals surface area contributed by atoms with Crippen molar-refractivity contribution < 1.29 is 18.3 Å². The van der Waals surface area contributed by atoms with Gasteiger partial charge >= 0.3 is 6.09 Å². The van der Waals surface area contributed by atoms with Gasteiger partial charge in [0.25, 0.3) is 0 Å². The summed E-state index contributed by atoms with van der Waals surface area (Å²) in [6.07, 6.45) is 0.399. The number of likely N-dealkylation sites (tertiary alicyclic amines) is 1. The van der Waals surface area contributed by atoms with E-state index in [0.717, 1.165) is 25.6 Å². The molecule has 1 aliphatic carbocycles. The summed E-state index contributed by atoms with van der Waals surface area (Å²) >= 11 is 0. The van der Waals surface area contributed by atoms with E-state index in [-0.39, 0.29) is 5.56 Å². The topological polar surface area (TPSA) is 32.8 Å². The van der Waals surface area contributed by atoms with Gasteiger partial charge in [-0.1, -0.05) is 48.5 Å². The quantitative estimate of drug-likeness (QED) is 0.533. The summed E-state index contributed by atoms with van der Waals surface area (Å²) in [7, 11) is 1.62. The molecule has 1 saturated heterocycles. The Kier molecular flexibility index (Phi) is 5.18. The van der Waals surface area contributed by atoms with Crippen molar-refractivity contribution in [1.29, 1.82) is 0 Å². The molecule has 0 aromatic heterocycles. The van der Waals surface area contributed by atoms with E-state index >= 15 is 0 Å². The van der Waals surface area contributed by atoms with E-state index in [4.69, 9.17) is 4.74 Å². The zero-order valence-corrected chi connectivity index (χ0v) is 17.8. The van der Waals surface area contributed by atoms with Crippen molar-refractivity contribution in [2.24, 2.45) is 5.92 Å². The maximum Gasteiger partial charge on any atom is 0.414 e. The lowest BCUT2D eigenvalue weighted by Gasteiger charge is -2.25. The first-order chi connectivity index (χ1) is 15.4. The van der Waals surface area contributed by atoms with Gasteiger partial charge in [-0.2, -0.15) is 0 Å². The van der Waals surface area contributed by atoms with Crippen molar-refractivity contribution in [2.75, 3.05) is 25.0 Å². The average molecular weight is 434 g/mol. The number of hydrogen-bond acceptors (Lipinski definition) is 3. The average Bonchev–Trinajstić information content (AvgIpc) is 3.33. The maximum atomic E-state index is 14.4. The number of anilines is 1. The molecule has 0 spiro atoms. The highest BCUT2D eigenvalue weighted by Gasteiger charge is 2.63. The lowest BCUT2D eigenvalue weighted by atomic mass is 10.0. The van der Waals surface area contributed by atoms with Crippen LogP contribution in [0.25, 0.3) is 11.1 Å². The number of ether oxygens (including phenoxy) is 1. The van der Waals surface area contributed by atoms with Crippen molar-refractivity contribution in [3.63, 3.8) is 0 Å². The van der Waals surface area contributed by atoms with Crippen LogP contribution in [0.4, 0.5) is 19.3 Å². The van der Waals surface area contributed by atoms with Gasteiger partial charge in [-0.15, -0.1) is 0 Å². The number of benzene rings is 3. The highest BCUT2D eigenvalue weighted by molar-refractivity contribution is 5.93. The molecule has 0 radical (unpaired) electrons. The third-order valence-corrected chi connectivity index (χ3v) is 6.45. The van der Waals surface area contributed by atoms with Gasteiger partial charge in [-0.05, 0) is 30.2 Å². The van der Waals surface area contributed by atoms with Gasteiger partial charge in [0.2, 0.25) is 0 Å². The molecule has 1 aliphatic heterocycles. The highest BCUT2D eigenvalue weighted by Crippen LogP contribution is 2.53. The number of nitrogens with zero attached hydrogens (tertiary/aromatic N) is 2. The monoisotopic (exact) mass is 434 g/mol. The van der Waals surface area contributed by atoms with Crippen LogP contribution in [0.5, 0.6) is 0 Å². The van der Waals surface area contributed by atoms with Crippen molar-refractivity contribution in [2.45, 2.75) is 18.6 Å². The number of rotatable bonds is 5. The summed E-state index contributed by atoms with van der Waals surface area (Å²) in [5.74, 6) is -0.975. The van der Waals surface area contributed by atoms with Crippen molar-refractivity contribution in [3.05, 3.63) is 90.0 Å². The second-order valence-electron chi connectivity index (χ2n) is 8.69. The molecule has 32 heavy (non-hydrogen) atoms. The highest BCUT2D eigenvalue weighted by atomic mass is 19.1. The molecule has 3 aromatic rings. The maximum absolute atomic E-state index is 14.4. The molecule has 2 aliphatic rings. The van der Waals surface area contributed by atoms with E-state index in [0.29, 0.717) is 23.7 Å². The SMILES string of the molecule is CN(C(=O)OC12CC1CN(Cc1ccccc1)C2)c1ccccc1-c1ccc(F)cc1F. The molecule has 3 aromatic carbocycles. The third kappa shape index (κ3) is 3.86. The lowest BCUT2D eigenvalue weighted by Crippen LogP contribution is -2.36. The van der Waals surface area contributed by atoms with Crippen LogP contribution >= 0.6 is 0 Å². The minimum atomic E-state index is -0.674. The zero-order chi connectivity index (χ0) is 22.3. The summed E-state index contributed by atoms with van der Waals surface area (Å²) < 4.78 is 33.8. The number of carbonyl (C=O) groups excluding carboxylic acids is 1. The third-order valence-electron chi connectivity index (χ3n) is 6.45. The van der Waals surface area contributed by atoms with E-state index < -0.39 is 23.3 Å². The van der Waals surface area contributed by atoms with Crippen LogP contribution in [-0.4, -0.2) is 36.7 Å². The molecule has 0 N–H and O–H groups in total. The molecule has 6 heteroatoms. The van der Waals surface area contributed by atoms with Gasteiger partial charge in [-0.3, -0.25) is 9.80 Å². The van der Waals surface area contributed by atoms with Gasteiger partial charge in [0.15, 0.2) is 0 Å². The minimum Gasteiger partial charge on any atom is -0.441 e. The van der Waals surface area contributed by atoms with Gasteiger partial charge < -0.3 is 4.74 Å². The molecule has 5 rings (SSSR count). The second-order valence-corrected chi connectivity index (χ2v) is 8.69. The largest absolute Gasteiger partial charge is 0.441 e. The Morgan fingerprint density at radius 2 is 1.81 bits per heavy atom. The molecule has 1 saturated carbocycles. The Balaban J connectivity index is 1.30. The summed E-state index contributed by atoms with van der Waals surface area (Å²) in [6, 6.07) is 20.7. The van der Waals surface area contributed by atoms with Crippen LogP contribution < -0.4 is 4.90 Å². The Bertz CT molecular complexity index is 1150. The summed E-state index contributed by atoms with van der Waals surface area (Å²) in [4.78, 5) is 16.8. The fourth-order valence-corrected chi connectivity index (χ4v) is 4.70. The fourth-order valence-electron chi connectivity index (χ4n) is 4.70. The van der Waals surface area contributed by atoms with Crippen molar-refractivity contribution in [3.8, 4) is 11.1 Å². The van der Waals surface area contributed by atoms with Gasteiger partial charge in [0.1, 0.15) is 17.2 Å². The molecule has 2 unspecified atom stereocenters. The first-order valence-corrected chi connectivity index (χ1v) is 10.7. The van der Waals surface area contributed by atoms with Gasteiger partial charge in [0.05, 0.1) is 5.69 Å². The van der Waals surface area contributed by atoms with Gasteiger partial charge in [-0.25, -0.2) is 13.6 Å². The van der Waals surface area contributed by atoms with Gasteiger partial charge in [0, 0.05) is 49.8 Å². The first-order valence-electron chi connectivity index (χ1n) is 10.7. The predicted molar refractivity (Wildman–Crippen MR) is 119 cm³/mol. The van der Waals surface area contributed by atoms with E-state index in [1.165, 1.54) is 22.6 Å². The molecular weight excluding hydrogens is 410 g/mol. The molecule has 1 amide bonds. The molecule has 0 bridgehead atoms. The number of fused-ring (bicyclic) bond motifs is 1. The van der Waals surface area contributed by atoms with Crippen LogP contribution in [0.15, 0.2) is 72.8 Å². The zero-order valence-electron chi connectivity index (χ0n) is 17.8. The Labute approximate surface area is 186 Å². The standard InChI is InChI=1S/C26H24F2N2O2/c1-29(24-10-6-5-9-22(24)21-12-11-20(27)13-23(21)28)25(31)32-26-14-19(26)16-30(17-26)15-18-7-3-2-4-8-18/h2-13,19H,14-17H2,1H3. The number of hydrogen-bond donors (Lipinski definition) is 0. The van der Waals surface area contributed by atoms with Crippen molar-refractivity contribution >= 4 is 11.8 Å². The van der Waals surface area contributed by atoms with Crippen LogP contribution in [0.3, 0.4) is 0 Å². The summed E-state index contributed by atoms with van der Waals surface area (Å²) in [5.41, 5.74) is 2.04. The van der Waals surface area contributed by atoms with Crippen LogP contribution in [0, 0.1) is 17.6 Å². The summed E-state index contributed by atoms with van der Waals surface area (Å²) in [6.45, 7) is 2.45. The molecule has 2 fully saturated rings. The van der Waals surface area contributed by atoms with E-state index in [1.807, 2.05) is 18.2 Å². The Morgan fingerprint density at radius 1 is 1.06 bits per heavy atom. The number of amides is 1. The minimum absolute atomic E-state index is 0.235. The number of para-hydroxylation sites is 1. The molecule has 164 valence electrons. The van der Waals surface area contributed by atoms with E-state index in [1.54, 1.807) is 31.3 Å². The summed E-state index contributed by atoms with van der Waals surface area (Å²) in [5, 5.41) is 0. The molecule has 4 nitrogen and oxygen atoms in total.